The van der Waals surface area contributed by atoms with Crippen LogP contribution in [-0.2, 0) is 20.9 Å². The highest BCUT2D eigenvalue weighted by molar-refractivity contribution is 5.96. The van der Waals surface area contributed by atoms with Gasteiger partial charge in [-0.1, -0.05) is 38.0 Å². The van der Waals surface area contributed by atoms with Crippen LogP contribution in [0.3, 0.4) is 0 Å². The van der Waals surface area contributed by atoms with Gasteiger partial charge in [0.2, 0.25) is 5.76 Å². The number of amides is 1. The number of ether oxygens (including phenoxy) is 2. The van der Waals surface area contributed by atoms with E-state index in [9.17, 15) is 9.59 Å². The Morgan fingerprint density at radius 2 is 2.00 bits per heavy atom. The zero-order valence-electron chi connectivity index (χ0n) is 15.2. The Bertz CT molecular complexity index is 782. The molecule has 2 aromatic rings. The number of methoxy groups -OCH3 is 1. The number of carbonyl (C=O) groups excluding carboxylic acids is 2. The van der Waals surface area contributed by atoms with Gasteiger partial charge in [0.25, 0.3) is 5.91 Å². The summed E-state index contributed by atoms with van der Waals surface area (Å²) < 4.78 is 16.0. The fourth-order valence-corrected chi connectivity index (χ4v) is 3.53. The Hall–Kier alpha value is -2.34. The molecule has 6 nitrogen and oxygen atoms in total. The fourth-order valence-electron chi connectivity index (χ4n) is 3.53. The first-order valence-corrected chi connectivity index (χ1v) is 9.06. The summed E-state index contributed by atoms with van der Waals surface area (Å²) in [5.41, 5.74) is 1.22. The number of rotatable bonds is 6. The number of furan rings is 1. The molecule has 0 radical (unpaired) electrons. The molecule has 1 amide bonds. The molecule has 1 heterocycles. The van der Waals surface area contributed by atoms with E-state index in [0.29, 0.717) is 17.1 Å². The number of hydrogen-bond donors (Lipinski definition) is 1. The summed E-state index contributed by atoms with van der Waals surface area (Å²) in [5.74, 6) is -0.388. The van der Waals surface area contributed by atoms with Gasteiger partial charge in [-0.05, 0) is 24.8 Å². The van der Waals surface area contributed by atoms with E-state index in [4.69, 9.17) is 13.9 Å². The van der Waals surface area contributed by atoms with Gasteiger partial charge >= 0.3 is 5.97 Å². The van der Waals surface area contributed by atoms with Crippen LogP contribution >= 0.6 is 0 Å². The Morgan fingerprint density at radius 3 is 2.77 bits per heavy atom. The molecule has 2 atom stereocenters. The van der Waals surface area contributed by atoms with Crippen molar-refractivity contribution in [3.63, 3.8) is 0 Å². The van der Waals surface area contributed by atoms with Crippen molar-refractivity contribution in [2.45, 2.75) is 45.3 Å². The van der Waals surface area contributed by atoms with Crippen molar-refractivity contribution in [3.05, 3.63) is 35.6 Å². The molecule has 6 heteroatoms. The second kappa shape index (κ2) is 8.36. The summed E-state index contributed by atoms with van der Waals surface area (Å²) in [6.07, 6.45) is 4.41. The summed E-state index contributed by atoms with van der Waals surface area (Å²) in [7, 11) is 1.55. The number of carbonyl (C=O) groups is 2. The van der Waals surface area contributed by atoms with Crippen molar-refractivity contribution in [1.29, 1.82) is 0 Å². The molecule has 1 saturated carbocycles. The molecule has 1 N–H and O–H groups in total. The first kappa shape index (κ1) is 18.5. The highest BCUT2D eigenvalue weighted by Crippen LogP contribution is 2.27. The number of hydrogen-bond acceptors (Lipinski definition) is 5. The van der Waals surface area contributed by atoms with Crippen molar-refractivity contribution < 1.29 is 23.5 Å². The lowest BCUT2D eigenvalue weighted by atomic mass is 9.86. The lowest BCUT2D eigenvalue weighted by Gasteiger charge is -2.29. The molecule has 0 aliphatic heterocycles. The smallest absolute Gasteiger partial charge is 0.375 e. The van der Waals surface area contributed by atoms with Gasteiger partial charge in [0.15, 0.2) is 6.61 Å². The van der Waals surface area contributed by atoms with Crippen LogP contribution in [0.1, 0.15) is 48.7 Å². The van der Waals surface area contributed by atoms with Gasteiger partial charge in [-0.25, -0.2) is 4.79 Å². The summed E-state index contributed by atoms with van der Waals surface area (Å²) in [5, 5.41) is 3.78. The van der Waals surface area contributed by atoms with Crippen LogP contribution in [0.2, 0.25) is 0 Å². The van der Waals surface area contributed by atoms with Crippen LogP contribution < -0.4 is 5.32 Å². The van der Waals surface area contributed by atoms with Crippen molar-refractivity contribution in [3.8, 4) is 0 Å². The molecule has 0 saturated heterocycles. The maximum absolute atomic E-state index is 12.4. The Balaban J connectivity index is 1.63. The molecule has 26 heavy (non-hydrogen) atoms. The average Bonchev–Trinajstić information content (AvgIpc) is 3.01. The van der Waals surface area contributed by atoms with E-state index in [1.165, 1.54) is 6.42 Å². The molecule has 3 rings (SSSR count). The second-order valence-corrected chi connectivity index (χ2v) is 6.85. The van der Waals surface area contributed by atoms with Crippen LogP contribution in [0, 0.1) is 5.92 Å². The highest BCUT2D eigenvalue weighted by Gasteiger charge is 2.25. The van der Waals surface area contributed by atoms with E-state index in [1.807, 2.05) is 18.2 Å². The lowest BCUT2D eigenvalue weighted by Crippen LogP contribution is -2.42. The van der Waals surface area contributed by atoms with E-state index in [-0.39, 0.29) is 30.9 Å². The monoisotopic (exact) mass is 359 g/mol. The third-order valence-electron chi connectivity index (χ3n) is 4.96. The Morgan fingerprint density at radius 1 is 1.23 bits per heavy atom. The van der Waals surface area contributed by atoms with Gasteiger partial charge in [-0.2, -0.15) is 0 Å². The second-order valence-electron chi connectivity index (χ2n) is 6.85. The van der Waals surface area contributed by atoms with Crippen LogP contribution in [0.25, 0.3) is 11.0 Å². The van der Waals surface area contributed by atoms with Crippen LogP contribution in [0.5, 0.6) is 0 Å². The summed E-state index contributed by atoms with van der Waals surface area (Å²) in [6, 6.07) is 7.50. The van der Waals surface area contributed by atoms with Crippen molar-refractivity contribution in [2.75, 3.05) is 13.7 Å². The zero-order chi connectivity index (χ0) is 18.5. The Kier molecular flexibility index (Phi) is 5.93. The molecular formula is C20H25NO5. The number of nitrogens with one attached hydrogen (secondary N) is 1. The summed E-state index contributed by atoms with van der Waals surface area (Å²) in [6.45, 7) is 2.06. The van der Waals surface area contributed by atoms with Crippen molar-refractivity contribution in [1.82, 2.24) is 5.32 Å². The molecule has 0 spiro atoms. The van der Waals surface area contributed by atoms with E-state index < -0.39 is 5.97 Å². The van der Waals surface area contributed by atoms with Gasteiger partial charge in [0.1, 0.15) is 5.58 Å². The minimum Gasteiger partial charge on any atom is -0.450 e. The standard InChI is InChI=1S/C20H25NO5/c1-13-7-3-5-9-16(13)21-18(22)12-25-20(23)19-15(11-24-2)14-8-4-6-10-17(14)26-19/h4,6,8,10,13,16H,3,5,7,9,11-12H2,1-2H3,(H,21,22)/t13-,16+/m0/s1. The average molecular weight is 359 g/mol. The van der Waals surface area contributed by atoms with Gasteiger partial charge in [-0.3, -0.25) is 4.79 Å². The van der Waals surface area contributed by atoms with Crippen LogP contribution in [0.15, 0.2) is 28.7 Å². The van der Waals surface area contributed by atoms with E-state index in [0.717, 1.165) is 24.6 Å². The number of benzene rings is 1. The molecular weight excluding hydrogens is 334 g/mol. The normalized spacial score (nSPS) is 20.1. The SMILES string of the molecule is COCc1c(C(=O)OCC(=O)N[C@@H]2CCCC[C@@H]2C)oc2ccccc12. The number of fused-ring (bicyclic) bond motifs is 1. The first-order chi connectivity index (χ1) is 12.6. The summed E-state index contributed by atoms with van der Waals surface area (Å²) >= 11 is 0. The largest absolute Gasteiger partial charge is 0.450 e. The van der Waals surface area contributed by atoms with E-state index >= 15 is 0 Å². The number of para-hydroxylation sites is 1. The quantitative estimate of drug-likeness (QED) is 0.800. The Labute approximate surface area is 152 Å². The van der Waals surface area contributed by atoms with Crippen LogP contribution in [0.4, 0.5) is 0 Å². The van der Waals surface area contributed by atoms with Gasteiger partial charge in [0, 0.05) is 24.1 Å². The minimum atomic E-state index is -0.653. The highest BCUT2D eigenvalue weighted by atomic mass is 16.5. The fraction of sp³-hybridized carbons (Fsp3) is 0.500. The number of esters is 1. The molecule has 1 fully saturated rings. The van der Waals surface area contributed by atoms with Gasteiger partial charge < -0.3 is 19.2 Å². The third-order valence-corrected chi connectivity index (χ3v) is 4.96. The summed E-state index contributed by atoms with van der Waals surface area (Å²) in [4.78, 5) is 24.6. The lowest BCUT2D eigenvalue weighted by molar-refractivity contribution is -0.125. The van der Waals surface area contributed by atoms with Gasteiger partial charge in [0.05, 0.1) is 6.61 Å². The molecule has 1 aliphatic carbocycles. The molecule has 0 unspecified atom stereocenters. The van der Waals surface area contributed by atoms with Crippen molar-refractivity contribution >= 4 is 22.8 Å². The molecule has 140 valence electrons. The molecule has 1 aliphatic rings. The maximum atomic E-state index is 12.4. The zero-order valence-corrected chi connectivity index (χ0v) is 15.2. The third kappa shape index (κ3) is 4.07. The topological polar surface area (TPSA) is 77.8 Å². The van der Waals surface area contributed by atoms with Crippen molar-refractivity contribution in [2.24, 2.45) is 5.92 Å². The maximum Gasteiger partial charge on any atom is 0.375 e. The van der Waals surface area contributed by atoms with E-state index in [2.05, 4.69) is 12.2 Å². The predicted molar refractivity (Wildman–Crippen MR) is 96.8 cm³/mol. The van der Waals surface area contributed by atoms with Gasteiger partial charge in [-0.15, -0.1) is 0 Å². The first-order valence-electron chi connectivity index (χ1n) is 9.06. The van der Waals surface area contributed by atoms with E-state index in [1.54, 1.807) is 13.2 Å². The molecule has 0 bridgehead atoms. The van der Waals surface area contributed by atoms with Crippen LogP contribution in [-0.4, -0.2) is 31.6 Å². The minimum absolute atomic E-state index is 0.0897. The molecule has 1 aromatic heterocycles. The predicted octanol–water partition coefficient (Wildman–Crippen LogP) is 3.43. The molecule has 1 aromatic carbocycles.